The topological polar surface area (TPSA) is 91.7 Å². The van der Waals surface area contributed by atoms with Crippen LogP contribution in [0.15, 0.2) is 35.3 Å². The Morgan fingerprint density at radius 3 is 2.66 bits per heavy atom. The van der Waals surface area contributed by atoms with Crippen LogP contribution in [0.1, 0.15) is 23.0 Å². The predicted molar refractivity (Wildman–Crippen MR) is 114 cm³/mol. The number of benzene rings is 1. The Hall–Kier alpha value is -2.84. The molecule has 2 aromatic heterocycles. The third kappa shape index (κ3) is 3.86. The normalized spacial score (nSPS) is 13.9. The fourth-order valence-corrected chi connectivity index (χ4v) is 3.58. The molecule has 1 aliphatic rings. The van der Waals surface area contributed by atoms with E-state index >= 15 is 0 Å². The molecule has 1 aliphatic heterocycles. The van der Waals surface area contributed by atoms with E-state index in [1.807, 2.05) is 31.2 Å². The van der Waals surface area contributed by atoms with E-state index in [1.54, 1.807) is 6.92 Å². The molecule has 9 heteroatoms. The van der Waals surface area contributed by atoms with Crippen LogP contribution in [0.2, 0.25) is 0 Å². The monoisotopic (exact) mass is 417 g/mol. The number of aromatic amines is 1. The minimum Gasteiger partial charge on any atom is -0.461 e. The summed E-state index contributed by atoms with van der Waals surface area (Å²) in [5.74, 6) is 0.181. The van der Waals surface area contributed by atoms with Gasteiger partial charge in [0.15, 0.2) is 5.82 Å². The quantitative estimate of drug-likeness (QED) is 0.631. The number of nitrogens with one attached hydrogen (secondary N) is 2. The first kappa shape index (κ1) is 20.9. The number of hydrogen-bond acceptors (Lipinski definition) is 6. The van der Waals surface area contributed by atoms with E-state index in [2.05, 4.69) is 15.2 Å². The number of aromatic nitrogens is 3. The van der Waals surface area contributed by atoms with Gasteiger partial charge in [-0.1, -0.05) is 24.3 Å². The van der Waals surface area contributed by atoms with Crippen molar-refractivity contribution in [3.8, 4) is 11.1 Å². The number of esters is 1. The van der Waals surface area contributed by atoms with E-state index in [0.717, 1.165) is 48.7 Å². The molecule has 0 atom stereocenters. The Bertz CT molecular complexity index is 1090. The molecular weight excluding hydrogens is 394 g/mol. The Labute approximate surface area is 174 Å². The smallest absolute Gasteiger partial charge is 0.356 e. The first-order valence-corrected chi connectivity index (χ1v) is 9.44. The molecule has 0 radical (unpaired) electrons. The fourth-order valence-electron chi connectivity index (χ4n) is 3.58. The van der Waals surface area contributed by atoms with E-state index in [4.69, 9.17) is 9.84 Å². The van der Waals surface area contributed by atoms with Gasteiger partial charge < -0.3 is 19.9 Å². The van der Waals surface area contributed by atoms with Gasteiger partial charge in [0, 0.05) is 26.2 Å². The van der Waals surface area contributed by atoms with Crippen molar-refractivity contribution in [2.75, 3.05) is 37.7 Å². The highest BCUT2D eigenvalue weighted by molar-refractivity contribution is 5.92. The zero-order chi connectivity index (χ0) is 19.7. The molecule has 0 aliphatic carbocycles. The van der Waals surface area contributed by atoms with Crippen molar-refractivity contribution in [2.24, 2.45) is 0 Å². The van der Waals surface area contributed by atoms with Crippen LogP contribution in [0.3, 0.4) is 0 Å². The van der Waals surface area contributed by atoms with Crippen molar-refractivity contribution in [3.63, 3.8) is 0 Å². The Kier molecular flexibility index (Phi) is 6.24. The zero-order valence-corrected chi connectivity index (χ0v) is 17.2. The number of carbonyl (C=O) groups is 1. The average molecular weight is 418 g/mol. The van der Waals surface area contributed by atoms with E-state index in [0.29, 0.717) is 5.52 Å². The van der Waals surface area contributed by atoms with Crippen LogP contribution in [0.25, 0.3) is 16.6 Å². The van der Waals surface area contributed by atoms with Crippen LogP contribution >= 0.6 is 12.4 Å². The summed E-state index contributed by atoms with van der Waals surface area (Å²) in [6, 6.07) is 7.94. The lowest BCUT2D eigenvalue weighted by Crippen LogP contribution is -2.43. The third-order valence-electron chi connectivity index (χ3n) is 4.93. The van der Waals surface area contributed by atoms with Crippen molar-refractivity contribution in [1.82, 2.24) is 19.9 Å². The van der Waals surface area contributed by atoms with Gasteiger partial charge in [-0.25, -0.2) is 9.31 Å². The molecule has 0 unspecified atom stereocenters. The molecule has 1 aromatic carbocycles. The van der Waals surface area contributed by atoms with Gasteiger partial charge in [-0.15, -0.1) is 17.5 Å². The number of carbonyl (C=O) groups excluding carboxylic acids is 1. The largest absolute Gasteiger partial charge is 0.461 e. The molecule has 0 saturated carbocycles. The lowest BCUT2D eigenvalue weighted by Gasteiger charge is -2.28. The van der Waals surface area contributed by atoms with Crippen LogP contribution < -0.4 is 15.8 Å². The summed E-state index contributed by atoms with van der Waals surface area (Å²) in [7, 11) is 0. The van der Waals surface area contributed by atoms with Gasteiger partial charge in [-0.05, 0) is 25.0 Å². The number of aryl methyl sites for hydroxylation is 1. The second-order valence-electron chi connectivity index (χ2n) is 6.76. The number of fused-ring (bicyclic) bond motifs is 1. The lowest BCUT2D eigenvalue weighted by molar-refractivity contribution is 0.0518. The molecule has 154 valence electrons. The molecule has 0 bridgehead atoms. The molecule has 0 amide bonds. The first-order valence-electron chi connectivity index (χ1n) is 9.44. The van der Waals surface area contributed by atoms with E-state index in [1.165, 1.54) is 10.7 Å². The number of piperazine rings is 1. The standard InChI is InChI=1S/C20H23N5O3.ClH/c1-3-28-20(27)15-12-25-17(19(26)22-15)16(14-7-5-4-6-13(14)2)18(23-25)24-10-8-21-9-11-24;/h4-7,12,21H,3,8-11H2,1-2H3,(H,22,26);1H. The summed E-state index contributed by atoms with van der Waals surface area (Å²) >= 11 is 0. The number of nitrogens with zero attached hydrogens (tertiary/aromatic N) is 3. The summed E-state index contributed by atoms with van der Waals surface area (Å²) in [4.78, 5) is 29.9. The van der Waals surface area contributed by atoms with E-state index in [9.17, 15) is 9.59 Å². The molecule has 29 heavy (non-hydrogen) atoms. The molecule has 4 rings (SSSR count). The second-order valence-corrected chi connectivity index (χ2v) is 6.76. The second kappa shape index (κ2) is 8.67. The molecule has 0 spiro atoms. The third-order valence-corrected chi connectivity index (χ3v) is 4.93. The minimum absolute atomic E-state index is 0. The Balaban J connectivity index is 0.00000240. The number of halogens is 1. The number of anilines is 1. The fraction of sp³-hybridized carbons (Fsp3) is 0.350. The van der Waals surface area contributed by atoms with Gasteiger partial charge in [-0.2, -0.15) is 0 Å². The van der Waals surface area contributed by atoms with Gasteiger partial charge in [-0.3, -0.25) is 4.79 Å². The maximum Gasteiger partial charge on any atom is 0.356 e. The van der Waals surface area contributed by atoms with Gasteiger partial charge in [0.05, 0.1) is 18.4 Å². The number of hydrogen-bond donors (Lipinski definition) is 2. The molecule has 3 aromatic rings. The molecule has 1 fully saturated rings. The summed E-state index contributed by atoms with van der Waals surface area (Å²) < 4.78 is 6.52. The highest BCUT2D eigenvalue weighted by atomic mass is 35.5. The summed E-state index contributed by atoms with van der Waals surface area (Å²) in [5, 5.41) is 8.04. The van der Waals surface area contributed by atoms with Crippen molar-refractivity contribution in [2.45, 2.75) is 13.8 Å². The number of ether oxygens (including phenoxy) is 1. The average Bonchev–Trinajstić information content (AvgIpc) is 3.09. The summed E-state index contributed by atoms with van der Waals surface area (Å²) in [5.41, 5.74) is 2.96. The Morgan fingerprint density at radius 1 is 1.24 bits per heavy atom. The van der Waals surface area contributed by atoms with Crippen LogP contribution in [-0.4, -0.2) is 53.4 Å². The highest BCUT2D eigenvalue weighted by Crippen LogP contribution is 2.35. The lowest BCUT2D eigenvalue weighted by atomic mass is 10.0. The Morgan fingerprint density at radius 2 is 1.97 bits per heavy atom. The maximum atomic E-state index is 13.0. The SMILES string of the molecule is CCOC(=O)c1cn2nc(N3CCNCC3)c(-c3ccccc3C)c2c(=O)[nH]1.Cl. The molecule has 8 nitrogen and oxygen atoms in total. The van der Waals surface area contributed by atoms with Gasteiger partial charge in [0.25, 0.3) is 5.56 Å². The van der Waals surface area contributed by atoms with Crippen molar-refractivity contribution >= 4 is 29.7 Å². The molecule has 2 N–H and O–H groups in total. The van der Waals surface area contributed by atoms with Crippen molar-refractivity contribution in [1.29, 1.82) is 0 Å². The van der Waals surface area contributed by atoms with Crippen LogP contribution in [-0.2, 0) is 4.74 Å². The first-order chi connectivity index (χ1) is 13.6. The predicted octanol–water partition coefficient (Wildman–Crippen LogP) is 2.01. The minimum atomic E-state index is -0.571. The van der Waals surface area contributed by atoms with Crippen molar-refractivity contribution < 1.29 is 9.53 Å². The van der Waals surface area contributed by atoms with E-state index < -0.39 is 5.97 Å². The summed E-state index contributed by atoms with van der Waals surface area (Å²) in [6.07, 6.45) is 1.53. The molecular formula is C20H24ClN5O3. The van der Waals surface area contributed by atoms with E-state index in [-0.39, 0.29) is 30.3 Å². The summed E-state index contributed by atoms with van der Waals surface area (Å²) in [6.45, 7) is 7.27. The van der Waals surface area contributed by atoms with Gasteiger partial charge in [0.2, 0.25) is 0 Å². The van der Waals surface area contributed by atoms with Crippen molar-refractivity contribution in [3.05, 3.63) is 52.1 Å². The molecule has 3 heterocycles. The number of H-pyrrole nitrogens is 1. The zero-order valence-electron chi connectivity index (χ0n) is 16.4. The van der Waals surface area contributed by atoms with Crippen LogP contribution in [0.5, 0.6) is 0 Å². The number of rotatable bonds is 4. The van der Waals surface area contributed by atoms with Gasteiger partial charge >= 0.3 is 5.97 Å². The van der Waals surface area contributed by atoms with Gasteiger partial charge in [0.1, 0.15) is 11.2 Å². The van der Waals surface area contributed by atoms with Crippen LogP contribution in [0, 0.1) is 6.92 Å². The van der Waals surface area contributed by atoms with Crippen LogP contribution in [0.4, 0.5) is 5.82 Å². The maximum absolute atomic E-state index is 13.0. The highest BCUT2D eigenvalue weighted by Gasteiger charge is 2.25. The molecule has 1 saturated heterocycles.